The quantitative estimate of drug-likeness (QED) is 0.940. The Morgan fingerprint density at radius 3 is 3.00 bits per heavy atom. The number of amides is 1. The summed E-state index contributed by atoms with van der Waals surface area (Å²) in [5, 5.41) is 4.49. The van der Waals surface area contributed by atoms with E-state index in [1.54, 1.807) is 11.4 Å². The molecule has 22 heavy (non-hydrogen) atoms. The van der Waals surface area contributed by atoms with E-state index in [2.05, 4.69) is 14.7 Å². The van der Waals surface area contributed by atoms with Gasteiger partial charge in [0.25, 0.3) is 5.91 Å². The summed E-state index contributed by atoms with van der Waals surface area (Å²) < 4.78 is 43.4. The maximum atomic E-state index is 12.6. The highest BCUT2D eigenvalue weighted by Crippen LogP contribution is 2.30. The summed E-state index contributed by atoms with van der Waals surface area (Å²) in [7, 11) is 0. The van der Waals surface area contributed by atoms with Crippen LogP contribution in [0, 0.1) is 5.92 Å². The molecule has 2 aromatic heterocycles. The fourth-order valence-electron chi connectivity index (χ4n) is 2.47. The van der Waals surface area contributed by atoms with Crippen LogP contribution in [0.5, 0.6) is 0 Å². The minimum absolute atomic E-state index is 0.0883. The Kier molecular flexibility index (Phi) is 3.90. The van der Waals surface area contributed by atoms with Crippen LogP contribution < -0.4 is 5.32 Å². The monoisotopic (exact) mass is 330 g/mol. The molecule has 0 aliphatic carbocycles. The van der Waals surface area contributed by atoms with E-state index >= 15 is 0 Å². The lowest BCUT2D eigenvalue weighted by Crippen LogP contribution is -2.33. The first kappa shape index (κ1) is 15.0. The Morgan fingerprint density at radius 2 is 2.32 bits per heavy atom. The van der Waals surface area contributed by atoms with Crippen molar-refractivity contribution < 1.29 is 18.0 Å². The second-order valence-electron chi connectivity index (χ2n) is 5.19. The minimum Gasteiger partial charge on any atom is -0.350 e. The standard InChI is InChI=1S/C13H13F3N4OS/c14-13(15,16)10-7-20-6-8(1-2-11(20)18-10)5-17-12(21)9-3-4-22-19-9/h3-4,7-8H,1-2,5-6H2,(H,17,21)/t8-/m0/s1. The molecule has 0 saturated carbocycles. The van der Waals surface area contributed by atoms with Crippen molar-refractivity contribution in [1.29, 1.82) is 0 Å². The van der Waals surface area contributed by atoms with Gasteiger partial charge in [-0.2, -0.15) is 17.5 Å². The number of aryl methyl sites for hydroxylation is 1. The van der Waals surface area contributed by atoms with Crippen LogP contribution in [-0.4, -0.2) is 26.4 Å². The van der Waals surface area contributed by atoms with Gasteiger partial charge in [0.2, 0.25) is 0 Å². The van der Waals surface area contributed by atoms with E-state index in [9.17, 15) is 18.0 Å². The van der Waals surface area contributed by atoms with Gasteiger partial charge in [0, 0.05) is 31.1 Å². The second-order valence-corrected chi connectivity index (χ2v) is 5.86. The molecule has 1 aliphatic rings. The van der Waals surface area contributed by atoms with Gasteiger partial charge in [-0.15, -0.1) is 0 Å². The summed E-state index contributed by atoms with van der Waals surface area (Å²) in [6.45, 7) is 0.838. The van der Waals surface area contributed by atoms with E-state index < -0.39 is 11.9 Å². The predicted molar refractivity (Wildman–Crippen MR) is 73.5 cm³/mol. The van der Waals surface area contributed by atoms with Gasteiger partial charge in [-0.3, -0.25) is 4.79 Å². The number of aromatic nitrogens is 3. The van der Waals surface area contributed by atoms with Crippen molar-refractivity contribution in [2.24, 2.45) is 5.92 Å². The molecule has 0 unspecified atom stereocenters. The van der Waals surface area contributed by atoms with Gasteiger partial charge in [0.1, 0.15) is 11.5 Å². The van der Waals surface area contributed by atoms with Crippen LogP contribution in [-0.2, 0) is 19.1 Å². The molecule has 0 radical (unpaired) electrons. The molecule has 0 aromatic carbocycles. The third-order valence-corrected chi connectivity index (χ3v) is 4.16. The molecule has 9 heteroatoms. The van der Waals surface area contributed by atoms with E-state index in [1.807, 2.05) is 0 Å². The van der Waals surface area contributed by atoms with E-state index in [0.717, 1.165) is 6.20 Å². The molecule has 1 aliphatic heterocycles. The first-order valence-corrected chi connectivity index (χ1v) is 7.59. The normalized spacial score (nSPS) is 18.0. The second kappa shape index (κ2) is 5.71. The zero-order chi connectivity index (χ0) is 15.7. The van der Waals surface area contributed by atoms with Gasteiger partial charge in [-0.1, -0.05) is 0 Å². The van der Waals surface area contributed by atoms with Gasteiger partial charge in [0.05, 0.1) is 0 Å². The van der Waals surface area contributed by atoms with Crippen molar-refractivity contribution >= 4 is 17.4 Å². The first-order valence-electron chi connectivity index (χ1n) is 6.75. The van der Waals surface area contributed by atoms with E-state index in [-0.39, 0.29) is 11.8 Å². The first-order chi connectivity index (χ1) is 10.4. The van der Waals surface area contributed by atoms with E-state index in [4.69, 9.17) is 0 Å². The summed E-state index contributed by atoms with van der Waals surface area (Å²) in [4.78, 5) is 15.4. The zero-order valence-corrected chi connectivity index (χ0v) is 12.2. The third-order valence-electron chi connectivity index (χ3n) is 3.60. The fourth-order valence-corrected chi connectivity index (χ4v) is 2.98. The summed E-state index contributed by atoms with van der Waals surface area (Å²) in [6.07, 6.45) is -2.19. The molecule has 3 rings (SSSR count). The Bertz CT molecular complexity index is 665. The average molecular weight is 330 g/mol. The molecule has 0 fully saturated rings. The smallest absolute Gasteiger partial charge is 0.350 e. The van der Waals surface area contributed by atoms with Crippen LogP contribution >= 0.6 is 11.5 Å². The van der Waals surface area contributed by atoms with Crippen molar-refractivity contribution in [2.45, 2.75) is 25.6 Å². The lowest BCUT2D eigenvalue weighted by atomic mass is 9.99. The highest BCUT2D eigenvalue weighted by Gasteiger charge is 2.35. The topological polar surface area (TPSA) is 59.8 Å². The Morgan fingerprint density at radius 1 is 1.50 bits per heavy atom. The highest BCUT2D eigenvalue weighted by molar-refractivity contribution is 7.03. The molecular weight excluding hydrogens is 317 g/mol. The van der Waals surface area contributed by atoms with Crippen LogP contribution in [0.3, 0.4) is 0 Å². The lowest BCUT2D eigenvalue weighted by Gasteiger charge is -2.23. The molecule has 0 bridgehead atoms. The van der Waals surface area contributed by atoms with Crippen molar-refractivity contribution in [3.05, 3.63) is 34.9 Å². The molecule has 0 saturated heterocycles. The summed E-state index contributed by atoms with van der Waals surface area (Å²) in [6, 6.07) is 1.63. The van der Waals surface area contributed by atoms with Crippen LogP contribution in [0.1, 0.15) is 28.4 Å². The summed E-state index contributed by atoms with van der Waals surface area (Å²) in [5.74, 6) is 0.286. The maximum absolute atomic E-state index is 12.6. The Hall–Kier alpha value is -1.90. The summed E-state index contributed by atoms with van der Waals surface area (Å²) in [5.41, 5.74) is -0.488. The van der Waals surface area contributed by atoms with Crippen LogP contribution in [0.4, 0.5) is 13.2 Å². The van der Waals surface area contributed by atoms with Gasteiger partial charge < -0.3 is 9.88 Å². The number of rotatable bonds is 3. The van der Waals surface area contributed by atoms with Crippen molar-refractivity contribution in [1.82, 2.24) is 19.2 Å². The number of nitrogens with zero attached hydrogens (tertiary/aromatic N) is 3. The van der Waals surface area contributed by atoms with Gasteiger partial charge >= 0.3 is 6.18 Å². The predicted octanol–water partition coefficient (Wildman–Crippen LogP) is 2.35. The molecule has 1 atom stereocenters. The van der Waals surface area contributed by atoms with Gasteiger partial charge in [-0.05, 0) is 29.9 Å². The molecule has 1 amide bonds. The minimum atomic E-state index is -4.42. The molecule has 2 aromatic rings. The molecule has 0 spiro atoms. The highest BCUT2D eigenvalue weighted by atomic mass is 32.1. The zero-order valence-electron chi connectivity index (χ0n) is 11.4. The summed E-state index contributed by atoms with van der Waals surface area (Å²) >= 11 is 1.20. The van der Waals surface area contributed by atoms with Crippen LogP contribution in [0.15, 0.2) is 17.6 Å². The van der Waals surface area contributed by atoms with Gasteiger partial charge in [-0.25, -0.2) is 4.98 Å². The third kappa shape index (κ3) is 3.13. The van der Waals surface area contributed by atoms with Crippen molar-refractivity contribution in [3.63, 3.8) is 0 Å². The average Bonchev–Trinajstić information content (AvgIpc) is 3.12. The van der Waals surface area contributed by atoms with Crippen LogP contribution in [0.2, 0.25) is 0 Å². The number of fused-ring (bicyclic) bond motifs is 1. The number of carbonyl (C=O) groups excluding carboxylic acids is 1. The van der Waals surface area contributed by atoms with Crippen molar-refractivity contribution in [2.75, 3.05) is 6.54 Å². The van der Waals surface area contributed by atoms with E-state index in [0.29, 0.717) is 37.4 Å². The number of alkyl halides is 3. The largest absolute Gasteiger partial charge is 0.434 e. The van der Waals surface area contributed by atoms with E-state index in [1.165, 1.54) is 16.1 Å². The SMILES string of the molecule is O=C(NC[C@@H]1CCc2nc(C(F)(F)F)cn2C1)c1ccsn1. The lowest BCUT2D eigenvalue weighted by molar-refractivity contribution is -0.141. The number of hydrogen-bond donors (Lipinski definition) is 1. The number of imidazole rings is 1. The number of nitrogens with one attached hydrogen (secondary N) is 1. The Labute approximate surface area is 128 Å². The fraction of sp³-hybridized carbons (Fsp3) is 0.462. The Balaban J connectivity index is 1.60. The maximum Gasteiger partial charge on any atom is 0.434 e. The molecular formula is C13H13F3N4OS. The van der Waals surface area contributed by atoms with Gasteiger partial charge in [0.15, 0.2) is 5.69 Å². The molecule has 5 nitrogen and oxygen atoms in total. The number of halogens is 3. The van der Waals surface area contributed by atoms with Crippen molar-refractivity contribution in [3.8, 4) is 0 Å². The molecule has 3 heterocycles. The number of hydrogen-bond acceptors (Lipinski definition) is 4. The molecule has 1 N–H and O–H groups in total. The number of carbonyl (C=O) groups is 1. The van der Waals surface area contributed by atoms with Crippen LogP contribution in [0.25, 0.3) is 0 Å². The molecule has 118 valence electrons.